The molecule has 2 aromatic rings. The van der Waals surface area contributed by atoms with Gasteiger partial charge < -0.3 is 4.90 Å². The molecule has 2 rings (SSSR count). The minimum absolute atomic E-state index is 0.220. The summed E-state index contributed by atoms with van der Waals surface area (Å²) in [7, 11) is -1.88. The number of benzene rings is 2. The Hall–Kier alpha value is -1.61. The van der Waals surface area contributed by atoms with Gasteiger partial charge in [0.2, 0.25) is 15.9 Å². The molecule has 0 radical (unpaired) electrons. The monoisotopic (exact) mass is 472 g/mol. The Kier molecular flexibility index (Phi) is 6.45. The van der Waals surface area contributed by atoms with Crippen molar-refractivity contribution in [2.75, 3.05) is 24.2 Å². The Labute approximate surface area is 162 Å². The molecule has 25 heavy (non-hydrogen) atoms. The first-order chi connectivity index (χ1) is 11.7. The second kappa shape index (κ2) is 8.18. The van der Waals surface area contributed by atoms with E-state index in [4.69, 9.17) is 0 Å². The topological polar surface area (TPSA) is 57.7 Å². The number of hydrogen-bond donors (Lipinski definition) is 0. The number of likely N-dealkylation sites (N-methyl/N-ethyl adjacent to an activating group) is 1. The van der Waals surface area contributed by atoms with E-state index in [1.165, 1.54) is 4.90 Å². The lowest BCUT2D eigenvalue weighted by molar-refractivity contribution is -0.128. The molecule has 0 unspecified atom stereocenters. The van der Waals surface area contributed by atoms with E-state index in [1.807, 2.05) is 43.3 Å². The molecule has 0 aliphatic carbocycles. The quantitative estimate of drug-likeness (QED) is 0.608. The van der Waals surface area contributed by atoms with E-state index in [2.05, 4.69) is 22.6 Å². The SMILES string of the molecule is Cc1ccc(CN(C)C(=O)CN(c2ccc(I)cc2)S(C)(=O)=O)cc1. The van der Waals surface area contributed by atoms with Crippen molar-refractivity contribution < 1.29 is 13.2 Å². The highest BCUT2D eigenvalue weighted by molar-refractivity contribution is 14.1. The predicted molar refractivity (Wildman–Crippen MR) is 109 cm³/mol. The van der Waals surface area contributed by atoms with Crippen molar-refractivity contribution in [3.05, 3.63) is 63.2 Å². The summed E-state index contributed by atoms with van der Waals surface area (Å²) < 4.78 is 26.4. The number of carbonyl (C=O) groups is 1. The maximum atomic E-state index is 12.5. The molecule has 1 amide bonds. The molecule has 0 saturated heterocycles. The van der Waals surface area contributed by atoms with Crippen LogP contribution in [0, 0.1) is 10.5 Å². The third-order valence-corrected chi connectivity index (χ3v) is 5.62. The molecule has 5 nitrogen and oxygen atoms in total. The smallest absolute Gasteiger partial charge is 0.243 e. The fraction of sp³-hybridized carbons (Fsp3) is 0.278. The van der Waals surface area contributed by atoms with Gasteiger partial charge in [-0.2, -0.15) is 0 Å². The molecule has 0 saturated carbocycles. The zero-order valence-corrected chi connectivity index (χ0v) is 17.4. The van der Waals surface area contributed by atoms with Gasteiger partial charge in [0.15, 0.2) is 0 Å². The molecular weight excluding hydrogens is 451 g/mol. The molecule has 0 N–H and O–H groups in total. The second-order valence-corrected chi connectivity index (χ2v) is 9.13. The van der Waals surface area contributed by atoms with Crippen LogP contribution in [0.2, 0.25) is 0 Å². The van der Waals surface area contributed by atoms with Gasteiger partial charge in [-0.25, -0.2) is 8.42 Å². The molecular formula is C18H21IN2O3S. The zero-order valence-electron chi connectivity index (χ0n) is 14.4. The number of halogens is 1. The predicted octanol–water partition coefficient (Wildman–Crippen LogP) is 3.02. The minimum atomic E-state index is -3.55. The number of hydrogen-bond acceptors (Lipinski definition) is 3. The lowest BCUT2D eigenvalue weighted by Crippen LogP contribution is -2.41. The summed E-state index contributed by atoms with van der Waals surface area (Å²) >= 11 is 2.15. The van der Waals surface area contributed by atoms with Crippen LogP contribution in [0.5, 0.6) is 0 Å². The average Bonchev–Trinajstić information content (AvgIpc) is 2.54. The summed E-state index contributed by atoms with van der Waals surface area (Å²) in [6.45, 7) is 2.22. The lowest BCUT2D eigenvalue weighted by atomic mass is 10.1. The maximum Gasteiger partial charge on any atom is 0.243 e. The number of nitrogens with zero attached hydrogens (tertiary/aromatic N) is 2. The van der Waals surface area contributed by atoms with Crippen LogP contribution in [0.15, 0.2) is 48.5 Å². The van der Waals surface area contributed by atoms with E-state index < -0.39 is 10.0 Å². The molecule has 0 aromatic heterocycles. The molecule has 2 aromatic carbocycles. The van der Waals surface area contributed by atoms with Gasteiger partial charge >= 0.3 is 0 Å². The first kappa shape index (κ1) is 19.7. The van der Waals surface area contributed by atoms with Gasteiger partial charge in [-0.15, -0.1) is 0 Å². The van der Waals surface area contributed by atoms with Gasteiger partial charge in [-0.05, 0) is 59.3 Å². The van der Waals surface area contributed by atoms with Gasteiger partial charge in [0.1, 0.15) is 6.54 Å². The van der Waals surface area contributed by atoms with Crippen LogP contribution < -0.4 is 4.31 Å². The van der Waals surface area contributed by atoms with Crippen molar-refractivity contribution in [3.63, 3.8) is 0 Å². The average molecular weight is 472 g/mol. The van der Waals surface area contributed by atoms with Crippen LogP contribution in [0.3, 0.4) is 0 Å². The normalized spacial score (nSPS) is 11.2. The number of carbonyl (C=O) groups excluding carboxylic acids is 1. The number of aryl methyl sites for hydroxylation is 1. The molecule has 0 bridgehead atoms. The first-order valence-electron chi connectivity index (χ1n) is 7.69. The Morgan fingerprint density at radius 2 is 1.60 bits per heavy atom. The van der Waals surface area contributed by atoms with Crippen molar-refractivity contribution >= 4 is 44.2 Å². The van der Waals surface area contributed by atoms with Crippen LogP contribution in [-0.4, -0.2) is 39.1 Å². The fourth-order valence-corrected chi connectivity index (χ4v) is 3.52. The largest absolute Gasteiger partial charge is 0.340 e. The van der Waals surface area contributed by atoms with Crippen molar-refractivity contribution in [1.29, 1.82) is 0 Å². The van der Waals surface area contributed by atoms with Crippen LogP contribution in [0.1, 0.15) is 11.1 Å². The van der Waals surface area contributed by atoms with Crippen LogP contribution in [0.4, 0.5) is 5.69 Å². The van der Waals surface area contributed by atoms with Crippen LogP contribution >= 0.6 is 22.6 Å². The van der Waals surface area contributed by atoms with Crippen LogP contribution in [0.25, 0.3) is 0 Å². The lowest BCUT2D eigenvalue weighted by Gasteiger charge is -2.25. The van der Waals surface area contributed by atoms with E-state index >= 15 is 0 Å². The molecule has 0 spiro atoms. The highest BCUT2D eigenvalue weighted by Crippen LogP contribution is 2.19. The molecule has 0 aliphatic rings. The van der Waals surface area contributed by atoms with Crippen LogP contribution in [-0.2, 0) is 21.4 Å². The third-order valence-electron chi connectivity index (χ3n) is 3.76. The highest BCUT2D eigenvalue weighted by atomic mass is 127. The van der Waals surface area contributed by atoms with E-state index in [9.17, 15) is 13.2 Å². The van der Waals surface area contributed by atoms with Gasteiger partial charge in [0, 0.05) is 17.2 Å². The minimum Gasteiger partial charge on any atom is -0.340 e. The van der Waals surface area contributed by atoms with E-state index in [0.717, 1.165) is 25.3 Å². The van der Waals surface area contributed by atoms with Gasteiger partial charge in [0.05, 0.1) is 11.9 Å². The Morgan fingerprint density at radius 3 is 2.12 bits per heavy atom. The summed E-state index contributed by atoms with van der Waals surface area (Å²) in [6.07, 6.45) is 1.11. The maximum absolute atomic E-state index is 12.5. The van der Waals surface area contributed by atoms with Crippen molar-refractivity contribution in [2.45, 2.75) is 13.5 Å². The summed E-state index contributed by atoms with van der Waals surface area (Å²) in [5, 5.41) is 0. The van der Waals surface area contributed by atoms with Gasteiger partial charge in [-0.3, -0.25) is 9.10 Å². The Balaban J connectivity index is 2.13. The van der Waals surface area contributed by atoms with E-state index in [-0.39, 0.29) is 12.5 Å². The van der Waals surface area contributed by atoms with Crippen molar-refractivity contribution in [3.8, 4) is 0 Å². The summed E-state index contributed by atoms with van der Waals surface area (Å²) in [5.74, 6) is -0.260. The molecule has 0 fully saturated rings. The third kappa shape index (κ3) is 5.71. The standard InChI is InChI=1S/C18H21IN2O3S/c1-14-4-6-15(7-5-14)12-20(2)18(22)13-21(25(3,23)24)17-10-8-16(19)9-11-17/h4-11H,12-13H2,1-3H3. The molecule has 0 atom stereocenters. The molecule has 7 heteroatoms. The zero-order chi connectivity index (χ0) is 18.6. The highest BCUT2D eigenvalue weighted by Gasteiger charge is 2.22. The Morgan fingerprint density at radius 1 is 1.04 bits per heavy atom. The molecule has 0 heterocycles. The number of anilines is 1. The van der Waals surface area contributed by atoms with Gasteiger partial charge in [0.25, 0.3) is 0 Å². The van der Waals surface area contributed by atoms with Gasteiger partial charge in [-0.1, -0.05) is 29.8 Å². The van der Waals surface area contributed by atoms with E-state index in [1.54, 1.807) is 19.2 Å². The fourth-order valence-electron chi connectivity index (χ4n) is 2.31. The summed E-state index contributed by atoms with van der Waals surface area (Å²) in [5.41, 5.74) is 2.64. The molecule has 0 aliphatic heterocycles. The van der Waals surface area contributed by atoms with Crippen molar-refractivity contribution in [1.82, 2.24) is 4.90 Å². The summed E-state index contributed by atoms with van der Waals surface area (Å²) in [4.78, 5) is 14.1. The first-order valence-corrected chi connectivity index (χ1v) is 10.6. The number of amides is 1. The molecule has 134 valence electrons. The Bertz CT molecular complexity index is 834. The number of rotatable bonds is 6. The number of sulfonamides is 1. The van der Waals surface area contributed by atoms with Crippen molar-refractivity contribution in [2.24, 2.45) is 0 Å². The second-order valence-electron chi connectivity index (χ2n) is 5.98. The van der Waals surface area contributed by atoms with E-state index in [0.29, 0.717) is 12.2 Å². The summed E-state index contributed by atoms with van der Waals surface area (Å²) in [6, 6.07) is 14.9.